The number of rotatable bonds is 61. The second kappa shape index (κ2) is 66.8. The standard InChI is InChI=1S/C73H126O6/c1-4-7-10-13-16-19-22-24-26-28-30-32-34-36-38-40-42-44-46-48-51-54-57-60-63-66-72(75)78-69-70(68-77-71(74)65-62-59-56-53-50-21-18-15-12-9-6-3)79-73(76)67-64-61-58-55-52-49-47-45-43-41-39-37-35-33-31-29-27-25-23-20-17-14-11-8-5-2/h7-8,10-11,16-17,19-20,24-27,30-33,70H,4-6,9,12-15,18,21-23,28-29,34-69H2,1-3H3/b10-7-,11-8-,19-16-,20-17-,26-24-,27-25-,32-30-,33-31-. The van der Waals surface area contributed by atoms with E-state index in [0.29, 0.717) is 19.3 Å². The number of esters is 3. The molecule has 0 amide bonds. The zero-order valence-electron chi connectivity index (χ0n) is 52.1. The van der Waals surface area contributed by atoms with Crippen molar-refractivity contribution in [3.63, 3.8) is 0 Å². The van der Waals surface area contributed by atoms with Gasteiger partial charge in [-0.3, -0.25) is 14.4 Å². The van der Waals surface area contributed by atoms with Gasteiger partial charge in [0.05, 0.1) is 0 Å². The summed E-state index contributed by atoms with van der Waals surface area (Å²) in [5.41, 5.74) is 0. The second-order valence-electron chi connectivity index (χ2n) is 22.3. The van der Waals surface area contributed by atoms with E-state index in [-0.39, 0.29) is 31.1 Å². The molecule has 0 bridgehead atoms. The van der Waals surface area contributed by atoms with Crippen LogP contribution in [-0.4, -0.2) is 37.2 Å². The van der Waals surface area contributed by atoms with Crippen LogP contribution in [0.3, 0.4) is 0 Å². The Bertz CT molecular complexity index is 1540. The van der Waals surface area contributed by atoms with E-state index in [1.54, 1.807) is 0 Å². The molecule has 0 rings (SSSR count). The van der Waals surface area contributed by atoms with Crippen molar-refractivity contribution in [2.24, 2.45) is 0 Å². The van der Waals surface area contributed by atoms with Crippen molar-refractivity contribution in [1.29, 1.82) is 0 Å². The van der Waals surface area contributed by atoms with Crippen molar-refractivity contribution in [3.8, 4) is 0 Å². The molecule has 0 spiro atoms. The quantitative estimate of drug-likeness (QED) is 0.0261. The predicted octanol–water partition coefficient (Wildman–Crippen LogP) is 23.2. The number of carbonyl (C=O) groups excluding carboxylic acids is 3. The van der Waals surface area contributed by atoms with Crippen molar-refractivity contribution in [2.45, 2.75) is 335 Å². The lowest BCUT2D eigenvalue weighted by Crippen LogP contribution is -2.30. The van der Waals surface area contributed by atoms with Crippen LogP contribution >= 0.6 is 0 Å². The molecule has 0 aliphatic heterocycles. The number of ether oxygens (including phenoxy) is 3. The maximum atomic E-state index is 12.9. The Morgan fingerprint density at radius 1 is 0.266 bits per heavy atom. The summed E-state index contributed by atoms with van der Waals surface area (Å²) in [5, 5.41) is 0. The lowest BCUT2D eigenvalue weighted by molar-refractivity contribution is -0.167. The molecule has 0 aliphatic carbocycles. The lowest BCUT2D eigenvalue weighted by atomic mass is 10.0. The van der Waals surface area contributed by atoms with Gasteiger partial charge in [-0.05, 0) is 96.3 Å². The van der Waals surface area contributed by atoms with Crippen LogP contribution in [0.2, 0.25) is 0 Å². The Morgan fingerprint density at radius 3 is 0.772 bits per heavy atom. The van der Waals surface area contributed by atoms with Crippen LogP contribution in [-0.2, 0) is 28.6 Å². The zero-order valence-corrected chi connectivity index (χ0v) is 52.1. The minimum Gasteiger partial charge on any atom is -0.462 e. The lowest BCUT2D eigenvalue weighted by Gasteiger charge is -2.18. The van der Waals surface area contributed by atoms with Gasteiger partial charge in [0, 0.05) is 19.3 Å². The number of unbranched alkanes of at least 4 members (excludes halogenated alkanes) is 34. The highest BCUT2D eigenvalue weighted by atomic mass is 16.6. The molecule has 0 aliphatic rings. The molecule has 6 heteroatoms. The van der Waals surface area contributed by atoms with Gasteiger partial charge in [0.1, 0.15) is 13.2 Å². The van der Waals surface area contributed by atoms with Gasteiger partial charge in [-0.1, -0.05) is 311 Å². The highest BCUT2D eigenvalue weighted by molar-refractivity contribution is 5.71. The first-order valence-electron chi connectivity index (χ1n) is 33.7. The molecule has 454 valence electrons. The summed E-state index contributed by atoms with van der Waals surface area (Å²) < 4.78 is 17.0. The fourth-order valence-corrected chi connectivity index (χ4v) is 9.60. The van der Waals surface area contributed by atoms with E-state index in [9.17, 15) is 14.4 Å². The first-order valence-corrected chi connectivity index (χ1v) is 33.7. The molecular weight excluding hydrogens is 973 g/mol. The predicted molar refractivity (Wildman–Crippen MR) is 344 cm³/mol. The summed E-state index contributed by atoms with van der Waals surface area (Å²) in [6.07, 6.45) is 90.0. The first-order chi connectivity index (χ1) is 39.0. The van der Waals surface area contributed by atoms with Gasteiger partial charge in [-0.15, -0.1) is 0 Å². The van der Waals surface area contributed by atoms with Gasteiger partial charge < -0.3 is 14.2 Å². The third-order valence-electron chi connectivity index (χ3n) is 14.6. The largest absolute Gasteiger partial charge is 0.462 e. The SMILES string of the molecule is CC/C=C\C/C=C\C/C=C\C/C=C\CCCCCCCCCCCCCCC(=O)OCC(COC(=O)CCCCCCCCCCCCC)OC(=O)CCCCCCCCCCCCCC/C=C\C/C=C\C/C=C\C/C=C\CC. The average molecular weight is 1100 g/mol. The maximum absolute atomic E-state index is 12.9. The molecule has 79 heavy (non-hydrogen) atoms. The Labute approximate surface area is 489 Å². The summed E-state index contributed by atoms with van der Waals surface area (Å²) >= 11 is 0. The Morgan fingerprint density at radius 2 is 0.494 bits per heavy atom. The van der Waals surface area contributed by atoms with E-state index in [0.717, 1.165) is 109 Å². The summed E-state index contributed by atoms with van der Waals surface area (Å²) in [4.78, 5) is 38.3. The molecule has 0 aromatic carbocycles. The molecule has 0 radical (unpaired) electrons. The van der Waals surface area contributed by atoms with Crippen molar-refractivity contribution < 1.29 is 28.6 Å². The normalized spacial score (nSPS) is 12.7. The van der Waals surface area contributed by atoms with Crippen LogP contribution in [0.1, 0.15) is 329 Å². The highest BCUT2D eigenvalue weighted by Gasteiger charge is 2.19. The number of hydrogen-bond donors (Lipinski definition) is 0. The summed E-state index contributed by atoms with van der Waals surface area (Å²) in [5.74, 6) is -0.865. The van der Waals surface area contributed by atoms with E-state index < -0.39 is 6.10 Å². The molecule has 0 aromatic rings. The zero-order chi connectivity index (χ0) is 57.1. The molecule has 0 N–H and O–H groups in total. The molecule has 0 saturated carbocycles. The topological polar surface area (TPSA) is 78.9 Å². The van der Waals surface area contributed by atoms with Gasteiger partial charge in [-0.2, -0.15) is 0 Å². The van der Waals surface area contributed by atoms with Gasteiger partial charge in [0.15, 0.2) is 6.10 Å². The molecule has 0 saturated heterocycles. The van der Waals surface area contributed by atoms with E-state index >= 15 is 0 Å². The van der Waals surface area contributed by atoms with Gasteiger partial charge >= 0.3 is 17.9 Å². The van der Waals surface area contributed by atoms with E-state index in [1.807, 2.05) is 0 Å². The third kappa shape index (κ3) is 65.0. The van der Waals surface area contributed by atoms with Crippen LogP contribution in [0.25, 0.3) is 0 Å². The molecule has 1 atom stereocenters. The molecule has 0 aromatic heterocycles. The molecule has 0 fully saturated rings. The fourth-order valence-electron chi connectivity index (χ4n) is 9.60. The maximum Gasteiger partial charge on any atom is 0.306 e. The Hall–Kier alpha value is -3.67. The van der Waals surface area contributed by atoms with E-state index in [4.69, 9.17) is 14.2 Å². The minimum atomic E-state index is -0.778. The Balaban J connectivity index is 4.24. The van der Waals surface area contributed by atoms with Crippen LogP contribution in [0, 0.1) is 0 Å². The molecule has 6 nitrogen and oxygen atoms in total. The van der Waals surface area contributed by atoms with Crippen LogP contribution in [0.15, 0.2) is 97.2 Å². The van der Waals surface area contributed by atoms with E-state index in [2.05, 4.69) is 118 Å². The fraction of sp³-hybridized carbons (Fsp3) is 0.740. The number of hydrogen-bond acceptors (Lipinski definition) is 6. The summed E-state index contributed by atoms with van der Waals surface area (Å²) in [7, 11) is 0. The minimum absolute atomic E-state index is 0.0748. The second-order valence-corrected chi connectivity index (χ2v) is 22.3. The summed E-state index contributed by atoms with van der Waals surface area (Å²) in [6, 6.07) is 0. The number of carbonyl (C=O) groups is 3. The van der Waals surface area contributed by atoms with Gasteiger partial charge in [0.25, 0.3) is 0 Å². The molecule has 0 heterocycles. The van der Waals surface area contributed by atoms with E-state index in [1.165, 1.54) is 180 Å². The Kier molecular flexibility index (Phi) is 63.7. The highest BCUT2D eigenvalue weighted by Crippen LogP contribution is 2.17. The smallest absolute Gasteiger partial charge is 0.306 e. The number of allylic oxidation sites excluding steroid dienone is 16. The first kappa shape index (κ1) is 75.3. The summed E-state index contributed by atoms with van der Waals surface area (Å²) in [6.45, 7) is 6.44. The average Bonchev–Trinajstić information content (AvgIpc) is 3.45. The monoisotopic (exact) mass is 1100 g/mol. The van der Waals surface area contributed by atoms with Crippen molar-refractivity contribution >= 4 is 17.9 Å². The van der Waals surface area contributed by atoms with Crippen molar-refractivity contribution in [1.82, 2.24) is 0 Å². The van der Waals surface area contributed by atoms with Gasteiger partial charge in [0.2, 0.25) is 0 Å². The van der Waals surface area contributed by atoms with Crippen LogP contribution in [0.5, 0.6) is 0 Å². The van der Waals surface area contributed by atoms with Gasteiger partial charge in [-0.25, -0.2) is 0 Å². The van der Waals surface area contributed by atoms with Crippen molar-refractivity contribution in [2.75, 3.05) is 13.2 Å². The molecule has 1 unspecified atom stereocenters. The van der Waals surface area contributed by atoms with Crippen molar-refractivity contribution in [3.05, 3.63) is 97.2 Å². The third-order valence-corrected chi connectivity index (χ3v) is 14.6. The van der Waals surface area contributed by atoms with Crippen LogP contribution in [0.4, 0.5) is 0 Å². The molecular formula is C73H126O6. The van der Waals surface area contributed by atoms with Crippen LogP contribution < -0.4 is 0 Å².